The van der Waals surface area contributed by atoms with Crippen LogP contribution >= 0.6 is 0 Å². The number of likely N-dealkylation sites (tertiary alicyclic amines) is 1. The lowest BCUT2D eigenvalue weighted by Gasteiger charge is -2.32. The highest BCUT2D eigenvalue weighted by molar-refractivity contribution is 7.88. The lowest BCUT2D eigenvalue weighted by atomic mass is 9.98. The summed E-state index contributed by atoms with van der Waals surface area (Å²) in [5.74, 6) is 2.08. The molecule has 0 radical (unpaired) electrons. The second-order valence-corrected chi connectivity index (χ2v) is 7.67. The van der Waals surface area contributed by atoms with Crippen LogP contribution in [0.2, 0.25) is 0 Å². The Kier molecular flexibility index (Phi) is 5.40. The maximum absolute atomic E-state index is 11.2. The largest absolute Gasteiger partial charge is 0.444 e. The molecule has 1 fully saturated rings. The van der Waals surface area contributed by atoms with Crippen molar-refractivity contribution in [3.63, 3.8) is 0 Å². The van der Waals surface area contributed by atoms with E-state index in [-0.39, 0.29) is 0 Å². The number of rotatable bonds is 6. The third kappa shape index (κ3) is 5.09. The van der Waals surface area contributed by atoms with Gasteiger partial charge in [-0.3, -0.25) is 4.90 Å². The fraction of sp³-hybridized carbons (Fsp3) is 0.786. The van der Waals surface area contributed by atoms with E-state index in [9.17, 15) is 8.42 Å². The topological polar surface area (TPSA) is 75.4 Å². The van der Waals surface area contributed by atoms with Gasteiger partial charge in [0.25, 0.3) is 0 Å². The summed E-state index contributed by atoms with van der Waals surface area (Å²) in [7, 11) is -3.10. The number of nitrogens with one attached hydrogen (secondary N) is 1. The monoisotopic (exact) mass is 315 g/mol. The van der Waals surface area contributed by atoms with Crippen molar-refractivity contribution >= 4 is 10.0 Å². The van der Waals surface area contributed by atoms with Crippen LogP contribution in [0.5, 0.6) is 0 Å². The first kappa shape index (κ1) is 16.5. The van der Waals surface area contributed by atoms with E-state index < -0.39 is 10.0 Å². The average molecular weight is 315 g/mol. The molecule has 0 aliphatic carbocycles. The van der Waals surface area contributed by atoms with Crippen LogP contribution in [0.3, 0.4) is 0 Å². The molecule has 2 rings (SSSR count). The molecule has 1 aliphatic heterocycles. The molecule has 0 saturated carbocycles. The first-order valence-electron chi connectivity index (χ1n) is 7.49. The van der Waals surface area contributed by atoms with E-state index in [4.69, 9.17) is 4.42 Å². The van der Waals surface area contributed by atoms with Crippen LogP contribution in [-0.2, 0) is 23.0 Å². The van der Waals surface area contributed by atoms with Crippen LogP contribution in [0.15, 0.2) is 4.42 Å². The van der Waals surface area contributed by atoms with Crippen molar-refractivity contribution in [3.05, 3.63) is 17.3 Å². The van der Waals surface area contributed by atoms with Crippen molar-refractivity contribution in [1.29, 1.82) is 0 Å². The van der Waals surface area contributed by atoms with Crippen molar-refractivity contribution in [2.45, 2.75) is 39.7 Å². The summed E-state index contributed by atoms with van der Waals surface area (Å²) in [6.07, 6.45) is 4.16. The number of sulfonamides is 1. The maximum Gasteiger partial charge on any atom is 0.208 e. The van der Waals surface area contributed by atoms with Crippen LogP contribution < -0.4 is 4.72 Å². The predicted molar refractivity (Wildman–Crippen MR) is 81.5 cm³/mol. The molecule has 7 heteroatoms. The van der Waals surface area contributed by atoms with Crippen molar-refractivity contribution in [2.24, 2.45) is 5.92 Å². The minimum Gasteiger partial charge on any atom is -0.444 e. The van der Waals surface area contributed by atoms with Crippen molar-refractivity contribution in [2.75, 3.05) is 25.9 Å². The quantitative estimate of drug-likeness (QED) is 0.856. The lowest BCUT2D eigenvalue weighted by Crippen LogP contribution is -2.40. The zero-order chi connectivity index (χ0) is 15.5. The number of oxazole rings is 1. The summed E-state index contributed by atoms with van der Waals surface area (Å²) >= 11 is 0. The van der Waals surface area contributed by atoms with Crippen LogP contribution in [0, 0.1) is 12.8 Å². The van der Waals surface area contributed by atoms with Crippen molar-refractivity contribution in [1.82, 2.24) is 14.6 Å². The second-order valence-electron chi connectivity index (χ2n) is 5.83. The number of nitrogens with zero attached hydrogens (tertiary/aromatic N) is 2. The summed E-state index contributed by atoms with van der Waals surface area (Å²) in [5, 5.41) is 0. The van der Waals surface area contributed by atoms with Crippen LogP contribution in [0.1, 0.15) is 37.1 Å². The third-order valence-electron chi connectivity index (χ3n) is 3.84. The van der Waals surface area contributed by atoms with Gasteiger partial charge in [0, 0.05) is 19.5 Å². The van der Waals surface area contributed by atoms with Gasteiger partial charge >= 0.3 is 0 Å². The molecule has 6 nitrogen and oxygen atoms in total. The van der Waals surface area contributed by atoms with Gasteiger partial charge in [0.1, 0.15) is 5.76 Å². The highest BCUT2D eigenvalue weighted by Gasteiger charge is 2.22. The summed E-state index contributed by atoms with van der Waals surface area (Å²) in [5.41, 5.74) is 0.961. The number of piperidine rings is 1. The molecule has 120 valence electrons. The van der Waals surface area contributed by atoms with E-state index in [1.165, 1.54) is 6.26 Å². The van der Waals surface area contributed by atoms with Gasteiger partial charge in [-0.1, -0.05) is 6.92 Å². The normalized spacial score (nSPS) is 20.8. The molecule has 0 bridgehead atoms. The highest BCUT2D eigenvalue weighted by Crippen LogP contribution is 2.20. The molecule has 0 aromatic carbocycles. The van der Waals surface area contributed by atoms with Gasteiger partial charge in [-0.2, -0.15) is 0 Å². The van der Waals surface area contributed by atoms with Crippen molar-refractivity contribution in [3.8, 4) is 0 Å². The van der Waals surface area contributed by atoms with Crippen LogP contribution in [0.4, 0.5) is 0 Å². The van der Waals surface area contributed by atoms with E-state index in [2.05, 4.69) is 14.6 Å². The van der Waals surface area contributed by atoms with Gasteiger partial charge in [-0.05, 0) is 32.2 Å². The molecular formula is C14H25N3O3S. The number of hydrogen-bond donors (Lipinski definition) is 1. The fourth-order valence-corrected chi connectivity index (χ4v) is 3.26. The van der Waals surface area contributed by atoms with Crippen LogP contribution in [0.25, 0.3) is 0 Å². The van der Waals surface area contributed by atoms with Gasteiger partial charge in [-0.15, -0.1) is 0 Å². The van der Waals surface area contributed by atoms with Crippen LogP contribution in [-0.4, -0.2) is 44.2 Å². The fourth-order valence-electron chi connectivity index (χ4n) is 2.72. The predicted octanol–water partition coefficient (Wildman–Crippen LogP) is 1.31. The zero-order valence-corrected chi connectivity index (χ0v) is 13.9. The standard InChI is InChI=1S/C14H25N3O3S/c1-4-14-16-11(2)13(20-14)10-17-7-5-6-12(9-17)8-15-21(3,18)19/h12,15H,4-10H2,1-3H3. The van der Waals surface area contributed by atoms with Gasteiger partial charge in [0.05, 0.1) is 18.5 Å². The second kappa shape index (κ2) is 6.89. The Hall–Kier alpha value is -0.920. The minimum absolute atomic E-state index is 0.363. The molecule has 2 heterocycles. The van der Waals surface area contributed by atoms with E-state index in [1.807, 2.05) is 13.8 Å². The third-order valence-corrected chi connectivity index (χ3v) is 4.53. The SMILES string of the molecule is CCc1nc(C)c(CN2CCCC(CNS(C)(=O)=O)C2)o1. The number of aromatic nitrogens is 1. The summed E-state index contributed by atoms with van der Waals surface area (Å²) in [6.45, 7) is 7.20. The van der Waals surface area contributed by atoms with Gasteiger partial charge in [0.2, 0.25) is 10.0 Å². The molecule has 1 aromatic rings. The molecule has 1 atom stereocenters. The van der Waals surface area contributed by atoms with Gasteiger partial charge in [-0.25, -0.2) is 18.1 Å². The Balaban J connectivity index is 1.90. The van der Waals surface area contributed by atoms with Gasteiger partial charge < -0.3 is 4.42 Å². The highest BCUT2D eigenvalue weighted by atomic mass is 32.2. The molecular weight excluding hydrogens is 290 g/mol. The average Bonchev–Trinajstić information content (AvgIpc) is 2.77. The Bertz CT molecular complexity index is 568. The molecule has 1 aliphatic rings. The first-order chi connectivity index (χ1) is 9.87. The summed E-state index contributed by atoms with van der Waals surface area (Å²) < 4.78 is 30.7. The first-order valence-corrected chi connectivity index (χ1v) is 9.38. The van der Waals surface area contributed by atoms with E-state index in [0.29, 0.717) is 12.5 Å². The zero-order valence-electron chi connectivity index (χ0n) is 13.1. The molecule has 1 unspecified atom stereocenters. The molecule has 0 spiro atoms. The Morgan fingerprint density at radius 2 is 2.24 bits per heavy atom. The Labute approximate surface area is 127 Å². The maximum atomic E-state index is 11.2. The van der Waals surface area contributed by atoms with E-state index in [0.717, 1.165) is 56.2 Å². The summed E-state index contributed by atoms with van der Waals surface area (Å²) in [4.78, 5) is 6.72. The number of hydrogen-bond acceptors (Lipinski definition) is 5. The Morgan fingerprint density at radius 1 is 1.48 bits per heavy atom. The number of aryl methyl sites for hydroxylation is 2. The van der Waals surface area contributed by atoms with E-state index in [1.54, 1.807) is 0 Å². The molecule has 0 amide bonds. The molecule has 1 aromatic heterocycles. The Morgan fingerprint density at radius 3 is 2.86 bits per heavy atom. The summed E-state index contributed by atoms with van der Waals surface area (Å²) in [6, 6.07) is 0. The van der Waals surface area contributed by atoms with E-state index >= 15 is 0 Å². The van der Waals surface area contributed by atoms with Gasteiger partial charge in [0.15, 0.2) is 5.89 Å². The molecule has 21 heavy (non-hydrogen) atoms. The smallest absolute Gasteiger partial charge is 0.208 e. The van der Waals surface area contributed by atoms with Crippen molar-refractivity contribution < 1.29 is 12.8 Å². The lowest BCUT2D eigenvalue weighted by molar-refractivity contribution is 0.157. The molecule has 1 N–H and O–H groups in total. The molecule has 1 saturated heterocycles. The minimum atomic E-state index is -3.10.